The van der Waals surface area contributed by atoms with Gasteiger partial charge < -0.3 is 15.3 Å². The fraction of sp³-hybridized carbons (Fsp3) is 0.375. The Hall–Kier alpha value is -2.92. The maximum atomic E-state index is 12.9. The summed E-state index contributed by atoms with van der Waals surface area (Å²) >= 11 is 6.09. The summed E-state index contributed by atoms with van der Waals surface area (Å²) in [6.45, 7) is 4.78. The first-order valence-electron chi connectivity index (χ1n) is 10.6. The second kappa shape index (κ2) is 9.29. The van der Waals surface area contributed by atoms with Crippen LogP contribution in [-0.4, -0.2) is 65.5 Å². The molecule has 2 fully saturated rings. The predicted molar refractivity (Wildman–Crippen MR) is 121 cm³/mol. The number of nitriles is 1. The van der Waals surface area contributed by atoms with Crippen LogP contribution in [0.2, 0.25) is 5.02 Å². The first-order valence-corrected chi connectivity index (χ1v) is 11.0. The van der Waals surface area contributed by atoms with Gasteiger partial charge in [-0.05, 0) is 48.6 Å². The van der Waals surface area contributed by atoms with E-state index >= 15 is 0 Å². The van der Waals surface area contributed by atoms with Crippen LogP contribution in [0.1, 0.15) is 21.5 Å². The number of nitrogens with one attached hydrogen (secondary N) is 1. The van der Waals surface area contributed by atoms with Gasteiger partial charge in [0.05, 0.1) is 17.2 Å². The number of hydrogen-bond acceptors (Lipinski definition) is 5. The zero-order valence-corrected chi connectivity index (χ0v) is 18.5. The number of hydrogen-bond donors (Lipinski definition) is 2. The van der Waals surface area contributed by atoms with Crippen molar-refractivity contribution in [3.63, 3.8) is 0 Å². The third-order valence-corrected chi connectivity index (χ3v) is 6.71. The van der Waals surface area contributed by atoms with Gasteiger partial charge in [0.25, 0.3) is 11.8 Å². The van der Waals surface area contributed by atoms with Crippen LogP contribution in [0.4, 0.5) is 5.69 Å². The molecule has 2 aliphatic heterocycles. The lowest BCUT2D eigenvalue weighted by Crippen LogP contribution is -2.40. The number of anilines is 1. The summed E-state index contributed by atoms with van der Waals surface area (Å²) in [7, 11) is 0. The Bertz CT molecular complexity index is 1070. The van der Waals surface area contributed by atoms with Crippen molar-refractivity contribution < 1.29 is 14.7 Å². The van der Waals surface area contributed by atoms with Crippen molar-refractivity contribution in [2.45, 2.75) is 13.0 Å². The van der Waals surface area contributed by atoms with Crippen LogP contribution in [0.25, 0.3) is 0 Å². The van der Waals surface area contributed by atoms with Gasteiger partial charge in [-0.3, -0.25) is 14.5 Å². The van der Waals surface area contributed by atoms with Gasteiger partial charge in [0.1, 0.15) is 6.10 Å². The minimum absolute atomic E-state index is 0.112. The van der Waals surface area contributed by atoms with Crippen LogP contribution in [0.5, 0.6) is 0 Å². The summed E-state index contributed by atoms with van der Waals surface area (Å²) in [4.78, 5) is 29.2. The van der Waals surface area contributed by atoms with Gasteiger partial charge >= 0.3 is 0 Å². The number of aliphatic hydroxyl groups excluding tert-OH is 1. The molecule has 0 aliphatic carbocycles. The normalized spacial score (nSPS) is 21.1. The highest BCUT2D eigenvalue weighted by molar-refractivity contribution is 6.31. The van der Waals surface area contributed by atoms with E-state index in [1.54, 1.807) is 36.4 Å². The average Bonchev–Trinajstić information content (AvgIpc) is 3.34. The molecule has 2 amide bonds. The molecule has 2 N–H and O–H groups in total. The van der Waals surface area contributed by atoms with Gasteiger partial charge in [0, 0.05) is 43.4 Å². The standard InChI is InChI=1S/C24H25ClN4O3/c1-15-6-7-19(8-21(15)25)27-23(31)22(30)14-28-10-17-12-29(13-18(17)11-28)24(32)20-5-3-2-4-16(20)9-26/h2-8,17-18,22,30H,10-14H2,1H3,(H,27,31). The Morgan fingerprint density at radius 3 is 2.53 bits per heavy atom. The summed E-state index contributed by atoms with van der Waals surface area (Å²) in [5, 5.41) is 22.9. The number of carbonyl (C=O) groups excluding carboxylic acids is 2. The molecule has 0 radical (unpaired) electrons. The van der Waals surface area contributed by atoms with Gasteiger partial charge in [-0.15, -0.1) is 0 Å². The van der Waals surface area contributed by atoms with Gasteiger partial charge in [0.2, 0.25) is 0 Å². The van der Waals surface area contributed by atoms with Crippen molar-refractivity contribution in [3.8, 4) is 6.07 Å². The van der Waals surface area contributed by atoms with E-state index in [2.05, 4.69) is 16.3 Å². The van der Waals surface area contributed by atoms with Gasteiger partial charge in [0.15, 0.2) is 0 Å². The number of aliphatic hydroxyl groups is 1. The fourth-order valence-electron chi connectivity index (χ4n) is 4.57. The third-order valence-electron chi connectivity index (χ3n) is 6.30. The largest absolute Gasteiger partial charge is 0.382 e. The summed E-state index contributed by atoms with van der Waals surface area (Å²) in [5.41, 5.74) is 2.29. The van der Waals surface area contributed by atoms with Crippen LogP contribution in [-0.2, 0) is 4.79 Å². The predicted octanol–water partition coefficient (Wildman–Crippen LogP) is 2.52. The van der Waals surface area contributed by atoms with Crippen molar-refractivity contribution in [2.75, 3.05) is 38.0 Å². The van der Waals surface area contributed by atoms with Crippen molar-refractivity contribution in [1.29, 1.82) is 5.26 Å². The molecule has 2 aromatic rings. The van der Waals surface area contributed by atoms with Gasteiger partial charge in [-0.25, -0.2) is 0 Å². The van der Waals surface area contributed by atoms with E-state index in [9.17, 15) is 20.0 Å². The smallest absolute Gasteiger partial charge is 0.255 e. The van der Waals surface area contributed by atoms with Crippen molar-refractivity contribution in [1.82, 2.24) is 9.80 Å². The number of amides is 2. The van der Waals surface area contributed by atoms with Crippen LogP contribution < -0.4 is 5.32 Å². The van der Waals surface area contributed by atoms with Crippen molar-refractivity contribution in [3.05, 3.63) is 64.2 Å². The molecule has 166 valence electrons. The van der Waals surface area contributed by atoms with E-state index in [1.165, 1.54) is 0 Å². The fourth-order valence-corrected chi connectivity index (χ4v) is 4.75. The Kier molecular flexibility index (Phi) is 6.47. The lowest BCUT2D eigenvalue weighted by molar-refractivity contribution is -0.124. The molecule has 4 rings (SSSR count). The van der Waals surface area contributed by atoms with E-state index in [0.717, 1.165) is 18.7 Å². The summed E-state index contributed by atoms with van der Waals surface area (Å²) in [5.74, 6) is 0.00453. The molecule has 2 saturated heterocycles. The van der Waals surface area contributed by atoms with Crippen LogP contribution in [0.15, 0.2) is 42.5 Å². The maximum Gasteiger partial charge on any atom is 0.255 e. The maximum absolute atomic E-state index is 12.9. The average molecular weight is 453 g/mol. The van der Waals surface area contributed by atoms with Crippen LogP contribution >= 0.6 is 11.6 Å². The Labute approximate surface area is 192 Å². The molecule has 2 aromatic carbocycles. The van der Waals surface area contributed by atoms with Crippen LogP contribution in [0, 0.1) is 30.1 Å². The molecule has 0 saturated carbocycles. The number of benzene rings is 2. The first-order chi connectivity index (χ1) is 15.4. The third kappa shape index (κ3) is 4.63. The SMILES string of the molecule is Cc1ccc(NC(=O)C(O)CN2CC3CN(C(=O)c4ccccc4C#N)CC3C2)cc1Cl. The van der Waals surface area contributed by atoms with Gasteiger partial charge in [-0.2, -0.15) is 5.26 Å². The topological polar surface area (TPSA) is 96.7 Å². The minimum Gasteiger partial charge on any atom is -0.382 e. The number of rotatable bonds is 5. The summed E-state index contributed by atoms with van der Waals surface area (Å²) in [6.07, 6.45) is -1.16. The molecule has 3 unspecified atom stereocenters. The zero-order chi connectivity index (χ0) is 22.8. The number of carbonyl (C=O) groups is 2. The number of fused-ring (bicyclic) bond motifs is 1. The molecule has 0 bridgehead atoms. The van der Waals surface area contributed by atoms with E-state index in [0.29, 0.717) is 46.8 Å². The first kappa shape index (κ1) is 22.3. The number of β-amino-alcohol motifs (C(OH)–C–C–N with tert-alkyl or cyclic N) is 1. The zero-order valence-electron chi connectivity index (χ0n) is 17.8. The summed E-state index contributed by atoms with van der Waals surface area (Å²) in [6, 6.07) is 14.2. The second-order valence-electron chi connectivity index (χ2n) is 8.58. The quantitative estimate of drug-likeness (QED) is 0.726. The van der Waals surface area contributed by atoms with E-state index in [-0.39, 0.29) is 12.5 Å². The van der Waals surface area contributed by atoms with Crippen molar-refractivity contribution >= 4 is 29.1 Å². The Balaban J connectivity index is 1.29. The number of likely N-dealkylation sites (tertiary alicyclic amines) is 2. The molecule has 0 aromatic heterocycles. The molecular formula is C24H25ClN4O3. The molecular weight excluding hydrogens is 428 g/mol. The van der Waals surface area contributed by atoms with Crippen molar-refractivity contribution in [2.24, 2.45) is 11.8 Å². The van der Waals surface area contributed by atoms with Gasteiger partial charge in [-0.1, -0.05) is 29.8 Å². The monoisotopic (exact) mass is 452 g/mol. The lowest BCUT2D eigenvalue weighted by atomic mass is 10.0. The number of halogens is 1. The second-order valence-corrected chi connectivity index (χ2v) is 8.98. The van der Waals surface area contributed by atoms with Crippen LogP contribution in [0.3, 0.4) is 0 Å². The highest BCUT2D eigenvalue weighted by atomic mass is 35.5. The molecule has 3 atom stereocenters. The number of aryl methyl sites for hydroxylation is 1. The molecule has 2 aliphatic rings. The molecule has 2 heterocycles. The Morgan fingerprint density at radius 2 is 1.88 bits per heavy atom. The molecule has 7 nitrogen and oxygen atoms in total. The molecule has 8 heteroatoms. The summed E-state index contributed by atoms with van der Waals surface area (Å²) < 4.78 is 0. The highest BCUT2D eigenvalue weighted by Gasteiger charge is 2.42. The molecule has 0 spiro atoms. The van der Waals surface area contributed by atoms with E-state index < -0.39 is 12.0 Å². The Morgan fingerprint density at radius 1 is 1.19 bits per heavy atom. The molecule has 32 heavy (non-hydrogen) atoms. The number of nitrogens with zero attached hydrogens (tertiary/aromatic N) is 3. The minimum atomic E-state index is -1.16. The highest BCUT2D eigenvalue weighted by Crippen LogP contribution is 2.32. The van der Waals surface area contributed by atoms with E-state index in [4.69, 9.17) is 11.6 Å². The lowest BCUT2D eigenvalue weighted by Gasteiger charge is -2.23. The van der Waals surface area contributed by atoms with E-state index in [1.807, 2.05) is 17.9 Å².